The van der Waals surface area contributed by atoms with Crippen LogP contribution < -0.4 is 10.7 Å². The zero-order valence-electron chi connectivity index (χ0n) is 15.5. The first-order valence-corrected chi connectivity index (χ1v) is 9.32. The summed E-state index contributed by atoms with van der Waals surface area (Å²) in [5, 5.41) is 14.0. The Bertz CT molecular complexity index is 733. The predicted octanol–water partition coefficient (Wildman–Crippen LogP) is 0.485. The largest absolute Gasteiger partial charge is 0.309 e. The summed E-state index contributed by atoms with van der Waals surface area (Å²) in [7, 11) is 0. The molecule has 0 unspecified atom stereocenters. The molecule has 1 saturated carbocycles. The number of hydroxylamine groups is 2. The summed E-state index contributed by atoms with van der Waals surface area (Å²) in [6.07, 6.45) is 9.31. The number of amides is 3. The van der Waals surface area contributed by atoms with E-state index in [-0.39, 0.29) is 24.8 Å². The van der Waals surface area contributed by atoms with Crippen LogP contribution in [0.1, 0.15) is 32.1 Å². The second-order valence-electron chi connectivity index (χ2n) is 6.87. The first kappa shape index (κ1) is 19.9. The first-order valence-electron chi connectivity index (χ1n) is 9.32. The molecule has 2 fully saturated rings. The van der Waals surface area contributed by atoms with Gasteiger partial charge in [0.25, 0.3) is 0 Å². The van der Waals surface area contributed by atoms with Crippen molar-refractivity contribution in [3.8, 4) is 0 Å². The van der Waals surface area contributed by atoms with Crippen molar-refractivity contribution < 1.29 is 19.6 Å². The van der Waals surface area contributed by atoms with Crippen molar-refractivity contribution in [1.82, 2.24) is 25.5 Å². The van der Waals surface area contributed by atoms with E-state index >= 15 is 0 Å². The Hall–Kier alpha value is -2.85. The van der Waals surface area contributed by atoms with Crippen molar-refractivity contribution in [2.24, 2.45) is 5.92 Å². The highest BCUT2D eigenvalue weighted by atomic mass is 16.5. The summed E-state index contributed by atoms with van der Waals surface area (Å²) in [4.78, 5) is 44.3. The molecule has 2 atom stereocenters. The average Bonchev–Trinajstić information content (AvgIpc) is 3.39. The fraction of sp³-hybridized carbons (Fsp3) is 0.500. The molecule has 0 radical (unpaired) electrons. The van der Waals surface area contributed by atoms with Gasteiger partial charge in [0, 0.05) is 12.7 Å². The summed E-state index contributed by atoms with van der Waals surface area (Å²) < 4.78 is 0. The lowest BCUT2D eigenvalue weighted by Gasteiger charge is -2.27. The van der Waals surface area contributed by atoms with Crippen LogP contribution >= 0.6 is 0 Å². The van der Waals surface area contributed by atoms with Crippen molar-refractivity contribution in [3.05, 3.63) is 30.2 Å². The zero-order chi connectivity index (χ0) is 19.9. The van der Waals surface area contributed by atoms with E-state index in [0.29, 0.717) is 23.8 Å². The zero-order valence-corrected chi connectivity index (χ0v) is 15.5. The summed E-state index contributed by atoms with van der Waals surface area (Å²) in [5.41, 5.74) is 4.08. The van der Waals surface area contributed by atoms with Crippen molar-refractivity contribution in [1.29, 1.82) is 0 Å². The maximum Gasteiger partial charge on any atom is 0.250 e. The van der Waals surface area contributed by atoms with E-state index in [4.69, 9.17) is 0 Å². The number of nitrogens with zero attached hydrogens (tertiary/aromatic N) is 4. The third-order valence-electron chi connectivity index (χ3n) is 4.89. The van der Waals surface area contributed by atoms with Crippen LogP contribution in [0, 0.1) is 5.92 Å². The van der Waals surface area contributed by atoms with Gasteiger partial charge < -0.3 is 5.32 Å². The standard InChI is InChI=1S/C18H24N6O4/c25-12-23(28)10-14(9-13-3-1-2-4-13)18(27)24-15(5-8-21-24)17(26)22-16-6-7-19-11-20-16/h6-7,9,11-12,14-15,21,28H,1-5,8,10H2,(H,19,20,22,26)/t14-,15+/m1/s1. The Morgan fingerprint density at radius 1 is 1.43 bits per heavy atom. The second-order valence-corrected chi connectivity index (χ2v) is 6.87. The molecule has 3 N–H and O–H groups in total. The molecule has 1 aliphatic carbocycles. The molecular formula is C18H24N6O4. The molecule has 3 rings (SSSR count). The van der Waals surface area contributed by atoms with Crippen LogP contribution in [-0.2, 0) is 14.4 Å². The molecular weight excluding hydrogens is 364 g/mol. The number of hydrogen-bond acceptors (Lipinski definition) is 7. The Balaban J connectivity index is 1.73. The highest BCUT2D eigenvalue weighted by Gasteiger charge is 2.37. The number of hydrazine groups is 1. The summed E-state index contributed by atoms with van der Waals surface area (Å²) in [6.45, 7) is 0.303. The van der Waals surface area contributed by atoms with E-state index in [1.54, 1.807) is 6.07 Å². The highest BCUT2D eigenvalue weighted by Crippen LogP contribution is 2.26. The Labute approximate surface area is 162 Å². The number of aromatic nitrogens is 2. The lowest BCUT2D eigenvalue weighted by atomic mass is 10.0. The van der Waals surface area contributed by atoms with Crippen LogP contribution in [0.5, 0.6) is 0 Å². The van der Waals surface area contributed by atoms with Gasteiger partial charge in [-0.05, 0) is 38.2 Å². The van der Waals surface area contributed by atoms with E-state index in [2.05, 4.69) is 20.7 Å². The maximum absolute atomic E-state index is 13.1. The lowest BCUT2D eigenvalue weighted by Crippen LogP contribution is -2.51. The van der Waals surface area contributed by atoms with Gasteiger partial charge in [-0.1, -0.05) is 11.6 Å². The van der Waals surface area contributed by atoms with Crippen LogP contribution in [0.15, 0.2) is 30.2 Å². The molecule has 0 aromatic carbocycles. The highest BCUT2D eigenvalue weighted by molar-refractivity contribution is 5.97. The van der Waals surface area contributed by atoms with Gasteiger partial charge in [0.05, 0.1) is 12.5 Å². The number of carbonyl (C=O) groups is 3. The molecule has 1 aromatic heterocycles. The number of nitrogens with one attached hydrogen (secondary N) is 2. The number of hydrogen-bond donors (Lipinski definition) is 3. The molecule has 10 nitrogen and oxygen atoms in total. The van der Waals surface area contributed by atoms with Gasteiger partial charge in [-0.15, -0.1) is 0 Å². The van der Waals surface area contributed by atoms with Gasteiger partial charge in [-0.3, -0.25) is 24.6 Å². The topological polar surface area (TPSA) is 128 Å². The third kappa shape index (κ3) is 4.90. The number of carbonyl (C=O) groups excluding carboxylic acids is 3. The molecule has 2 heterocycles. The summed E-state index contributed by atoms with van der Waals surface area (Å²) in [5.74, 6) is -1.10. The Morgan fingerprint density at radius 3 is 2.89 bits per heavy atom. The normalized spacial score (nSPS) is 20.0. The van der Waals surface area contributed by atoms with E-state index < -0.39 is 12.0 Å². The second kappa shape index (κ2) is 9.38. The Kier molecular flexibility index (Phi) is 6.66. The van der Waals surface area contributed by atoms with Gasteiger partial charge in [-0.25, -0.2) is 20.5 Å². The quantitative estimate of drug-likeness (QED) is 0.268. The van der Waals surface area contributed by atoms with E-state index in [0.717, 1.165) is 31.3 Å². The van der Waals surface area contributed by atoms with Gasteiger partial charge >= 0.3 is 0 Å². The fourth-order valence-electron chi connectivity index (χ4n) is 3.52. The number of allylic oxidation sites excluding steroid dienone is 1. The fourth-order valence-corrected chi connectivity index (χ4v) is 3.52. The van der Waals surface area contributed by atoms with Crippen LogP contribution in [-0.4, -0.2) is 62.6 Å². The molecule has 1 saturated heterocycles. The van der Waals surface area contributed by atoms with Gasteiger partial charge in [0.15, 0.2) is 0 Å². The van der Waals surface area contributed by atoms with Gasteiger partial charge in [0.2, 0.25) is 18.2 Å². The molecule has 0 bridgehead atoms. The molecule has 0 spiro atoms. The lowest BCUT2D eigenvalue weighted by molar-refractivity contribution is -0.156. The van der Waals surface area contributed by atoms with Crippen molar-refractivity contribution in [3.63, 3.8) is 0 Å². The monoisotopic (exact) mass is 388 g/mol. The number of rotatable bonds is 7. The first-order chi connectivity index (χ1) is 13.6. The van der Waals surface area contributed by atoms with Crippen molar-refractivity contribution in [2.75, 3.05) is 18.4 Å². The van der Waals surface area contributed by atoms with E-state index in [1.165, 1.54) is 17.5 Å². The van der Waals surface area contributed by atoms with Crippen LogP contribution in [0.2, 0.25) is 0 Å². The Morgan fingerprint density at radius 2 is 2.21 bits per heavy atom. The van der Waals surface area contributed by atoms with Crippen molar-refractivity contribution >= 4 is 24.0 Å². The van der Waals surface area contributed by atoms with Crippen LogP contribution in [0.3, 0.4) is 0 Å². The molecule has 2 aliphatic rings. The molecule has 3 amide bonds. The predicted molar refractivity (Wildman–Crippen MR) is 98.5 cm³/mol. The summed E-state index contributed by atoms with van der Waals surface area (Å²) in [6, 6.07) is 0.850. The van der Waals surface area contributed by atoms with E-state index in [9.17, 15) is 19.6 Å². The third-order valence-corrected chi connectivity index (χ3v) is 4.89. The van der Waals surface area contributed by atoms with Crippen LogP contribution in [0.4, 0.5) is 5.82 Å². The van der Waals surface area contributed by atoms with Crippen LogP contribution in [0.25, 0.3) is 0 Å². The smallest absolute Gasteiger partial charge is 0.250 e. The molecule has 150 valence electrons. The molecule has 28 heavy (non-hydrogen) atoms. The SMILES string of the molecule is O=CN(O)C[C@@H](C=C1CCCC1)C(=O)N1NCC[C@H]1C(=O)Nc1ccncn1. The van der Waals surface area contributed by atoms with E-state index in [1.807, 2.05) is 6.08 Å². The number of anilines is 1. The minimum Gasteiger partial charge on any atom is -0.309 e. The van der Waals surface area contributed by atoms with Gasteiger partial charge in [0.1, 0.15) is 18.2 Å². The minimum absolute atomic E-state index is 0.162. The maximum atomic E-state index is 13.1. The average molecular weight is 388 g/mol. The minimum atomic E-state index is -0.733. The summed E-state index contributed by atoms with van der Waals surface area (Å²) >= 11 is 0. The molecule has 1 aromatic rings. The molecule has 1 aliphatic heterocycles. The van der Waals surface area contributed by atoms with Gasteiger partial charge in [-0.2, -0.15) is 0 Å². The molecule has 10 heteroatoms. The van der Waals surface area contributed by atoms with Crippen molar-refractivity contribution in [2.45, 2.75) is 38.1 Å².